The molecule has 2 saturated carbocycles. The van der Waals surface area contributed by atoms with Crippen molar-refractivity contribution >= 4 is 12.6 Å². The van der Waals surface area contributed by atoms with Crippen molar-refractivity contribution in [2.24, 2.45) is 11.3 Å². The zero-order valence-electron chi connectivity index (χ0n) is 11.8. The molecule has 0 unspecified atom stereocenters. The van der Waals surface area contributed by atoms with Crippen molar-refractivity contribution in [3.05, 3.63) is 0 Å². The van der Waals surface area contributed by atoms with Crippen LogP contribution in [0, 0.1) is 11.3 Å². The van der Waals surface area contributed by atoms with E-state index in [4.69, 9.17) is 0 Å². The van der Waals surface area contributed by atoms with Crippen LogP contribution in [-0.4, -0.2) is 42.0 Å². The molecule has 0 aromatic rings. The topological polar surface area (TPSA) is 23.5 Å². The first-order valence-electron chi connectivity index (χ1n) is 7.61. The molecule has 0 atom stereocenters. The van der Waals surface area contributed by atoms with E-state index in [-0.39, 0.29) is 6.10 Å². The molecule has 106 valence electrons. The minimum Gasteiger partial charge on any atom is -0.393 e. The zero-order chi connectivity index (χ0) is 13.0. The fraction of sp³-hybridized carbons (Fsp3) is 1.00. The Labute approximate surface area is 118 Å². The number of rotatable bonds is 5. The van der Waals surface area contributed by atoms with Gasteiger partial charge in [-0.1, -0.05) is 25.7 Å². The van der Waals surface area contributed by atoms with E-state index in [1.165, 1.54) is 45.1 Å². The fourth-order valence-electron chi connectivity index (χ4n) is 3.77. The van der Waals surface area contributed by atoms with Gasteiger partial charge in [0.25, 0.3) is 0 Å². The Hall–Kier alpha value is 0.270. The average molecular weight is 271 g/mol. The minimum absolute atomic E-state index is 0.0138. The summed E-state index contributed by atoms with van der Waals surface area (Å²) in [6, 6.07) is 0. The molecule has 0 amide bonds. The number of nitrogens with zero attached hydrogens (tertiary/aromatic N) is 1. The van der Waals surface area contributed by atoms with Crippen molar-refractivity contribution in [2.45, 2.75) is 57.5 Å². The van der Waals surface area contributed by atoms with E-state index in [2.05, 4.69) is 24.6 Å². The van der Waals surface area contributed by atoms with Gasteiger partial charge in [-0.05, 0) is 49.8 Å². The van der Waals surface area contributed by atoms with Gasteiger partial charge in [-0.2, -0.15) is 12.6 Å². The van der Waals surface area contributed by atoms with Crippen LogP contribution in [0.4, 0.5) is 0 Å². The standard InChI is InChI=1S/C15H29NOS/c1-16(10-13-8-14(17)9-13)11-15(12-18)6-4-2-3-5-7-15/h13-14,17-18H,2-12H2,1H3. The first-order chi connectivity index (χ1) is 8.63. The van der Waals surface area contributed by atoms with E-state index in [1.807, 2.05) is 0 Å². The van der Waals surface area contributed by atoms with Gasteiger partial charge in [0.2, 0.25) is 0 Å². The van der Waals surface area contributed by atoms with Crippen LogP contribution in [0.2, 0.25) is 0 Å². The molecule has 0 spiro atoms. The number of thiol groups is 1. The number of aliphatic hydroxyl groups excluding tert-OH is 1. The van der Waals surface area contributed by atoms with Crippen LogP contribution in [-0.2, 0) is 0 Å². The lowest BCUT2D eigenvalue weighted by Gasteiger charge is -2.39. The summed E-state index contributed by atoms with van der Waals surface area (Å²) in [5, 5.41) is 9.36. The van der Waals surface area contributed by atoms with E-state index in [9.17, 15) is 5.11 Å². The Kier molecular flexibility index (Phi) is 5.40. The largest absolute Gasteiger partial charge is 0.393 e. The third-order valence-corrected chi connectivity index (χ3v) is 5.56. The smallest absolute Gasteiger partial charge is 0.0546 e. The van der Waals surface area contributed by atoms with Crippen LogP contribution < -0.4 is 0 Å². The third kappa shape index (κ3) is 3.88. The molecule has 0 saturated heterocycles. The van der Waals surface area contributed by atoms with Crippen LogP contribution in [0.3, 0.4) is 0 Å². The van der Waals surface area contributed by atoms with Crippen molar-refractivity contribution in [3.8, 4) is 0 Å². The summed E-state index contributed by atoms with van der Waals surface area (Å²) in [7, 11) is 2.25. The van der Waals surface area contributed by atoms with E-state index in [1.54, 1.807) is 0 Å². The predicted molar refractivity (Wildman–Crippen MR) is 80.2 cm³/mol. The van der Waals surface area contributed by atoms with Gasteiger partial charge in [0, 0.05) is 13.1 Å². The molecule has 2 fully saturated rings. The SMILES string of the molecule is CN(CC1CC(O)C1)CC1(CS)CCCCCC1. The van der Waals surface area contributed by atoms with Crippen molar-refractivity contribution in [1.29, 1.82) is 0 Å². The molecule has 1 N–H and O–H groups in total. The molecule has 0 heterocycles. The first-order valence-corrected chi connectivity index (χ1v) is 8.24. The molecular formula is C15H29NOS. The third-order valence-electron chi connectivity index (χ3n) is 4.89. The second-order valence-corrected chi connectivity index (χ2v) is 7.08. The average Bonchev–Trinajstić information content (AvgIpc) is 2.53. The van der Waals surface area contributed by atoms with Crippen molar-refractivity contribution in [1.82, 2.24) is 4.90 Å². The maximum atomic E-state index is 9.36. The fourth-order valence-corrected chi connectivity index (χ4v) is 4.19. The molecule has 3 heteroatoms. The van der Waals surface area contributed by atoms with Gasteiger partial charge in [-0.15, -0.1) is 0 Å². The molecule has 0 aromatic carbocycles. The van der Waals surface area contributed by atoms with Crippen LogP contribution in [0.5, 0.6) is 0 Å². The van der Waals surface area contributed by atoms with Gasteiger partial charge < -0.3 is 10.0 Å². The van der Waals surface area contributed by atoms with Crippen LogP contribution in [0.25, 0.3) is 0 Å². The van der Waals surface area contributed by atoms with E-state index in [0.717, 1.165) is 31.1 Å². The second-order valence-electron chi connectivity index (χ2n) is 6.76. The summed E-state index contributed by atoms with van der Waals surface area (Å²) >= 11 is 4.65. The van der Waals surface area contributed by atoms with Crippen LogP contribution >= 0.6 is 12.6 Å². The highest BCUT2D eigenvalue weighted by Crippen LogP contribution is 2.37. The molecule has 0 aliphatic heterocycles. The predicted octanol–water partition coefficient (Wildman–Crippen LogP) is 2.96. The number of hydrogen-bond acceptors (Lipinski definition) is 3. The first kappa shape index (κ1) is 14.7. The molecular weight excluding hydrogens is 242 g/mol. The van der Waals surface area contributed by atoms with Gasteiger partial charge in [0.15, 0.2) is 0 Å². The Balaban J connectivity index is 1.80. The lowest BCUT2D eigenvalue weighted by atomic mass is 9.79. The Morgan fingerprint density at radius 3 is 2.28 bits per heavy atom. The molecule has 2 nitrogen and oxygen atoms in total. The van der Waals surface area contributed by atoms with Gasteiger partial charge in [0.05, 0.1) is 6.10 Å². The van der Waals surface area contributed by atoms with Crippen molar-refractivity contribution in [3.63, 3.8) is 0 Å². The van der Waals surface area contributed by atoms with Gasteiger partial charge in [-0.25, -0.2) is 0 Å². The lowest BCUT2D eigenvalue weighted by molar-refractivity contribution is 0.0220. The summed E-state index contributed by atoms with van der Waals surface area (Å²) in [6.45, 7) is 2.36. The quantitative estimate of drug-likeness (QED) is 0.593. The summed E-state index contributed by atoms with van der Waals surface area (Å²) in [6.07, 6.45) is 10.3. The number of hydrogen-bond donors (Lipinski definition) is 2. The Bertz CT molecular complexity index is 245. The molecule has 0 bridgehead atoms. The second kappa shape index (κ2) is 6.62. The molecule has 2 aliphatic carbocycles. The molecule has 2 rings (SSSR count). The maximum absolute atomic E-state index is 9.36. The molecule has 2 aliphatic rings. The monoisotopic (exact) mass is 271 g/mol. The highest BCUT2D eigenvalue weighted by Gasteiger charge is 2.33. The summed E-state index contributed by atoms with van der Waals surface area (Å²) in [5.41, 5.74) is 0.455. The van der Waals surface area contributed by atoms with Gasteiger partial charge >= 0.3 is 0 Å². The van der Waals surface area contributed by atoms with Crippen LogP contribution in [0.15, 0.2) is 0 Å². The highest BCUT2D eigenvalue weighted by molar-refractivity contribution is 7.80. The number of aliphatic hydroxyl groups is 1. The zero-order valence-corrected chi connectivity index (χ0v) is 12.7. The Morgan fingerprint density at radius 2 is 1.78 bits per heavy atom. The molecule has 0 radical (unpaired) electrons. The molecule has 18 heavy (non-hydrogen) atoms. The molecule has 0 aromatic heterocycles. The van der Waals surface area contributed by atoms with Gasteiger partial charge in [0.1, 0.15) is 0 Å². The summed E-state index contributed by atoms with van der Waals surface area (Å²) in [5.74, 6) is 1.76. The van der Waals surface area contributed by atoms with Crippen molar-refractivity contribution < 1.29 is 5.11 Å². The Morgan fingerprint density at radius 1 is 1.17 bits per heavy atom. The van der Waals surface area contributed by atoms with Crippen molar-refractivity contribution in [2.75, 3.05) is 25.9 Å². The summed E-state index contributed by atoms with van der Waals surface area (Å²) < 4.78 is 0. The van der Waals surface area contributed by atoms with E-state index in [0.29, 0.717) is 5.41 Å². The maximum Gasteiger partial charge on any atom is 0.0546 e. The van der Waals surface area contributed by atoms with E-state index >= 15 is 0 Å². The van der Waals surface area contributed by atoms with Gasteiger partial charge in [-0.3, -0.25) is 0 Å². The lowest BCUT2D eigenvalue weighted by Crippen LogP contribution is -2.42. The minimum atomic E-state index is -0.0138. The summed E-state index contributed by atoms with van der Waals surface area (Å²) in [4.78, 5) is 2.50. The normalized spacial score (nSPS) is 32.0. The highest BCUT2D eigenvalue weighted by atomic mass is 32.1. The van der Waals surface area contributed by atoms with E-state index < -0.39 is 0 Å². The van der Waals surface area contributed by atoms with Crippen LogP contribution in [0.1, 0.15) is 51.4 Å².